The van der Waals surface area contributed by atoms with Crippen molar-refractivity contribution in [3.05, 3.63) is 29.3 Å². The topological polar surface area (TPSA) is 70.0 Å². The molecular formula is C13H13F3N2O2S. The molecule has 1 aromatic carbocycles. The Morgan fingerprint density at radius 1 is 1.38 bits per heavy atom. The summed E-state index contributed by atoms with van der Waals surface area (Å²) in [4.78, 5) is 0. The molecule has 1 aromatic rings. The predicted molar refractivity (Wildman–Crippen MR) is 71.4 cm³/mol. The molecule has 1 aliphatic heterocycles. The summed E-state index contributed by atoms with van der Waals surface area (Å²) in [5.74, 6) is -0.108. The van der Waals surface area contributed by atoms with E-state index in [-0.39, 0.29) is 35.2 Å². The fourth-order valence-electron chi connectivity index (χ4n) is 2.29. The zero-order valence-corrected chi connectivity index (χ0v) is 11.8. The Bertz CT molecular complexity index is 678. The highest BCUT2D eigenvalue weighted by atomic mass is 32.2. The number of nitrogens with zero attached hydrogens (tertiary/aromatic N) is 1. The van der Waals surface area contributed by atoms with Gasteiger partial charge in [0.05, 0.1) is 28.7 Å². The van der Waals surface area contributed by atoms with Crippen molar-refractivity contribution in [2.45, 2.75) is 12.6 Å². The van der Waals surface area contributed by atoms with Gasteiger partial charge in [-0.3, -0.25) is 0 Å². The van der Waals surface area contributed by atoms with E-state index in [0.717, 1.165) is 6.07 Å². The molecule has 114 valence electrons. The van der Waals surface area contributed by atoms with E-state index in [2.05, 4.69) is 5.32 Å². The first-order valence-corrected chi connectivity index (χ1v) is 8.09. The van der Waals surface area contributed by atoms with E-state index in [9.17, 15) is 21.6 Å². The lowest BCUT2D eigenvalue weighted by Crippen LogP contribution is -2.18. The summed E-state index contributed by atoms with van der Waals surface area (Å²) >= 11 is 0. The fraction of sp³-hybridized carbons (Fsp3) is 0.462. The fourth-order valence-corrected chi connectivity index (χ4v) is 4.15. The number of hydrogen-bond acceptors (Lipinski definition) is 4. The van der Waals surface area contributed by atoms with Crippen LogP contribution in [0.15, 0.2) is 18.2 Å². The molecule has 0 amide bonds. The van der Waals surface area contributed by atoms with Crippen molar-refractivity contribution in [1.82, 2.24) is 0 Å². The first-order valence-electron chi connectivity index (χ1n) is 6.27. The SMILES string of the molecule is N#Cc1ccc(NCC2CCS(=O)(=O)C2)c(C(F)(F)F)c1. The average Bonchev–Trinajstić information content (AvgIpc) is 2.74. The van der Waals surface area contributed by atoms with E-state index >= 15 is 0 Å². The van der Waals surface area contributed by atoms with Gasteiger partial charge in [0.2, 0.25) is 0 Å². The highest BCUT2D eigenvalue weighted by Crippen LogP contribution is 2.35. The van der Waals surface area contributed by atoms with Crippen LogP contribution in [0.3, 0.4) is 0 Å². The smallest absolute Gasteiger partial charge is 0.384 e. The van der Waals surface area contributed by atoms with Gasteiger partial charge >= 0.3 is 6.18 Å². The van der Waals surface area contributed by atoms with Crippen LogP contribution in [0.5, 0.6) is 0 Å². The maximum absolute atomic E-state index is 12.9. The molecule has 1 heterocycles. The van der Waals surface area contributed by atoms with E-state index in [0.29, 0.717) is 6.42 Å². The van der Waals surface area contributed by atoms with Crippen LogP contribution >= 0.6 is 0 Å². The summed E-state index contributed by atoms with van der Waals surface area (Å²) in [5, 5.41) is 11.3. The first kappa shape index (κ1) is 15.6. The Morgan fingerprint density at radius 2 is 2.10 bits per heavy atom. The minimum Gasteiger partial charge on any atom is -0.384 e. The maximum Gasteiger partial charge on any atom is 0.418 e. The minimum absolute atomic E-state index is 0.00235. The van der Waals surface area contributed by atoms with Crippen molar-refractivity contribution in [3.8, 4) is 6.07 Å². The second-order valence-corrected chi connectivity index (χ2v) is 7.25. The highest BCUT2D eigenvalue weighted by Gasteiger charge is 2.34. The lowest BCUT2D eigenvalue weighted by atomic mass is 10.1. The van der Waals surface area contributed by atoms with Crippen LogP contribution < -0.4 is 5.32 Å². The highest BCUT2D eigenvalue weighted by molar-refractivity contribution is 7.91. The number of rotatable bonds is 3. The van der Waals surface area contributed by atoms with Crippen LogP contribution in [0.4, 0.5) is 18.9 Å². The van der Waals surface area contributed by atoms with Crippen LogP contribution in [-0.4, -0.2) is 26.5 Å². The summed E-state index contributed by atoms with van der Waals surface area (Å²) in [7, 11) is -3.05. The molecule has 1 fully saturated rings. The second kappa shape index (κ2) is 5.56. The van der Waals surface area contributed by atoms with Gasteiger partial charge in [0, 0.05) is 12.2 Å². The zero-order valence-electron chi connectivity index (χ0n) is 10.9. The second-order valence-electron chi connectivity index (χ2n) is 5.02. The van der Waals surface area contributed by atoms with E-state index in [4.69, 9.17) is 5.26 Å². The largest absolute Gasteiger partial charge is 0.418 e. The monoisotopic (exact) mass is 318 g/mol. The number of nitriles is 1. The molecule has 1 N–H and O–H groups in total. The van der Waals surface area contributed by atoms with Crippen LogP contribution in [0.1, 0.15) is 17.5 Å². The van der Waals surface area contributed by atoms with E-state index < -0.39 is 21.6 Å². The maximum atomic E-state index is 12.9. The molecule has 8 heteroatoms. The third-order valence-corrected chi connectivity index (χ3v) is 5.20. The van der Waals surface area contributed by atoms with Crippen molar-refractivity contribution >= 4 is 15.5 Å². The van der Waals surface area contributed by atoms with E-state index in [1.165, 1.54) is 12.1 Å². The van der Waals surface area contributed by atoms with Gasteiger partial charge in [0.15, 0.2) is 9.84 Å². The van der Waals surface area contributed by atoms with Gasteiger partial charge in [-0.2, -0.15) is 18.4 Å². The summed E-state index contributed by atoms with van der Waals surface area (Å²) in [6.07, 6.45) is -4.12. The van der Waals surface area contributed by atoms with Gasteiger partial charge in [-0.15, -0.1) is 0 Å². The number of hydrogen-bond donors (Lipinski definition) is 1. The molecule has 21 heavy (non-hydrogen) atoms. The molecule has 4 nitrogen and oxygen atoms in total. The van der Waals surface area contributed by atoms with Crippen molar-refractivity contribution in [1.29, 1.82) is 5.26 Å². The summed E-state index contributed by atoms with van der Waals surface area (Å²) in [6, 6.07) is 4.95. The molecule has 0 spiro atoms. The Balaban J connectivity index is 2.15. The molecule has 2 rings (SSSR count). The summed E-state index contributed by atoms with van der Waals surface area (Å²) < 4.78 is 61.5. The summed E-state index contributed by atoms with van der Waals surface area (Å²) in [5.41, 5.74) is -1.12. The van der Waals surface area contributed by atoms with Gasteiger partial charge in [0.25, 0.3) is 0 Å². The number of anilines is 1. The Labute approximate surface area is 120 Å². The van der Waals surface area contributed by atoms with E-state index in [1.54, 1.807) is 6.07 Å². The van der Waals surface area contributed by atoms with Crippen molar-refractivity contribution in [3.63, 3.8) is 0 Å². The molecule has 0 radical (unpaired) electrons. The number of benzene rings is 1. The molecule has 0 bridgehead atoms. The Hall–Kier alpha value is -1.75. The Kier molecular flexibility index (Phi) is 4.14. The third kappa shape index (κ3) is 3.88. The quantitative estimate of drug-likeness (QED) is 0.929. The predicted octanol–water partition coefficient (Wildman–Crippen LogP) is 2.42. The number of sulfone groups is 1. The van der Waals surface area contributed by atoms with Gasteiger partial charge in [-0.25, -0.2) is 8.42 Å². The average molecular weight is 318 g/mol. The van der Waals surface area contributed by atoms with Crippen LogP contribution in [0, 0.1) is 17.2 Å². The van der Waals surface area contributed by atoms with Gasteiger partial charge in [-0.05, 0) is 30.5 Å². The lowest BCUT2D eigenvalue weighted by molar-refractivity contribution is -0.137. The number of alkyl halides is 3. The molecule has 1 unspecified atom stereocenters. The number of nitrogens with one attached hydrogen (secondary N) is 1. The molecule has 0 saturated carbocycles. The van der Waals surface area contributed by atoms with Gasteiger partial charge < -0.3 is 5.32 Å². The molecule has 1 aliphatic rings. The third-order valence-electron chi connectivity index (χ3n) is 3.36. The van der Waals surface area contributed by atoms with Crippen LogP contribution in [-0.2, 0) is 16.0 Å². The zero-order chi connectivity index (χ0) is 15.7. The van der Waals surface area contributed by atoms with Crippen molar-refractivity contribution in [2.75, 3.05) is 23.4 Å². The molecule has 0 aromatic heterocycles. The van der Waals surface area contributed by atoms with Crippen LogP contribution in [0.2, 0.25) is 0 Å². The van der Waals surface area contributed by atoms with Crippen molar-refractivity contribution in [2.24, 2.45) is 5.92 Å². The normalized spacial score (nSPS) is 21.0. The molecule has 1 saturated heterocycles. The lowest BCUT2D eigenvalue weighted by Gasteiger charge is -2.16. The summed E-state index contributed by atoms with van der Waals surface area (Å²) in [6.45, 7) is 0.161. The molecular weight excluding hydrogens is 305 g/mol. The standard InChI is InChI=1S/C13H13F3N2O2S/c14-13(15,16)11-5-9(6-17)1-2-12(11)18-7-10-3-4-21(19,20)8-10/h1-2,5,10,18H,3-4,7-8H2. The molecule has 1 atom stereocenters. The molecule has 0 aliphatic carbocycles. The minimum atomic E-state index is -4.57. The van der Waals surface area contributed by atoms with Crippen LogP contribution in [0.25, 0.3) is 0 Å². The van der Waals surface area contributed by atoms with Crippen molar-refractivity contribution < 1.29 is 21.6 Å². The Morgan fingerprint density at radius 3 is 2.62 bits per heavy atom. The number of halogens is 3. The van der Waals surface area contributed by atoms with E-state index in [1.807, 2.05) is 0 Å². The first-order chi connectivity index (χ1) is 9.71. The van der Waals surface area contributed by atoms with Gasteiger partial charge in [-0.1, -0.05) is 0 Å². The van der Waals surface area contributed by atoms with Gasteiger partial charge in [0.1, 0.15) is 0 Å².